The van der Waals surface area contributed by atoms with Gasteiger partial charge in [-0.05, 0) is 120 Å². The first kappa shape index (κ1) is 45.9. The molecular weight excluding hydrogens is 873 g/mol. The number of nitrogens with one attached hydrogen (secondary N) is 2. The summed E-state index contributed by atoms with van der Waals surface area (Å²) >= 11 is 0. The Morgan fingerprint density at radius 1 is 0.794 bits per heavy atom. The molecule has 1 fully saturated rings. The van der Waals surface area contributed by atoms with Crippen molar-refractivity contribution in [1.82, 2.24) is 4.90 Å². The first-order valence-corrected chi connectivity index (χ1v) is 26.0. The topological polar surface area (TPSA) is 190 Å². The van der Waals surface area contributed by atoms with Gasteiger partial charge in [0.2, 0.25) is 5.91 Å². The standard InChI is InChI=1S/C54H56N6O7Si/c1-33-50(68(3,4)45-23-21-44(66-2)22-24-45)48(29-49(62)59-31-38-10-6-5-9-37(38)27-43(59)32-61)67-54(33)46-28-42(58-52(64)36-14-18-40(56)19-15-36)20-25-47(46)60(53(54)65)30-34-8-7-11-41(26-34)57-51(63)35-12-16-39(55)17-13-35/h5-26,28,33,43,48,50,61H,27,29-32,55-56H2,1-4H3,(H,57,63)(H,58,64)/t33-,43-,48+,50-,54+/m0/s1. The van der Waals surface area contributed by atoms with Crippen LogP contribution >= 0.6 is 0 Å². The van der Waals surface area contributed by atoms with Gasteiger partial charge < -0.3 is 46.5 Å². The fraction of sp³-hybridized carbons (Fsp3) is 0.259. The summed E-state index contributed by atoms with van der Waals surface area (Å²) in [6.45, 7) is 6.86. The minimum absolute atomic E-state index is 0.0199. The van der Waals surface area contributed by atoms with Crippen LogP contribution in [0.15, 0.2) is 140 Å². The van der Waals surface area contributed by atoms with Gasteiger partial charge in [-0.2, -0.15) is 0 Å². The van der Waals surface area contributed by atoms with Gasteiger partial charge in [0.25, 0.3) is 17.7 Å². The van der Waals surface area contributed by atoms with Gasteiger partial charge in [-0.3, -0.25) is 19.2 Å². The molecular formula is C54H56N6O7Si. The maximum Gasteiger partial charge on any atom is 0.264 e. The van der Waals surface area contributed by atoms with Crippen LogP contribution in [0.3, 0.4) is 0 Å². The van der Waals surface area contributed by atoms with Crippen LogP contribution in [0.1, 0.15) is 56.3 Å². The van der Waals surface area contributed by atoms with E-state index in [1.807, 2.05) is 66.7 Å². The summed E-state index contributed by atoms with van der Waals surface area (Å²) in [6, 6.07) is 41.7. The molecule has 14 heteroatoms. The highest BCUT2D eigenvalue weighted by Gasteiger charge is 2.66. The molecule has 1 spiro atoms. The number of fused-ring (bicyclic) bond motifs is 3. The van der Waals surface area contributed by atoms with Crippen LogP contribution in [0.4, 0.5) is 28.4 Å². The third kappa shape index (κ3) is 8.50. The molecule has 348 valence electrons. The monoisotopic (exact) mass is 928 g/mol. The lowest BCUT2D eigenvalue weighted by Crippen LogP contribution is -2.52. The van der Waals surface area contributed by atoms with E-state index in [4.69, 9.17) is 20.9 Å². The predicted molar refractivity (Wildman–Crippen MR) is 267 cm³/mol. The first-order valence-electron chi connectivity index (χ1n) is 22.9. The zero-order valence-electron chi connectivity index (χ0n) is 38.6. The molecule has 7 N–H and O–H groups in total. The number of nitrogens with zero attached hydrogens (tertiary/aromatic N) is 2. The number of nitrogens with two attached hydrogens (primary N) is 2. The third-order valence-electron chi connectivity index (χ3n) is 14.2. The molecule has 6 aromatic carbocycles. The van der Waals surface area contributed by atoms with Crippen molar-refractivity contribution in [2.45, 2.75) is 69.2 Å². The van der Waals surface area contributed by atoms with E-state index in [0.717, 1.165) is 27.6 Å². The van der Waals surface area contributed by atoms with Crippen molar-refractivity contribution in [3.63, 3.8) is 0 Å². The van der Waals surface area contributed by atoms with Crippen molar-refractivity contribution < 1.29 is 33.8 Å². The van der Waals surface area contributed by atoms with Crippen LogP contribution in [0.2, 0.25) is 18.6 Å². The summed E-state index contributed by atoms with van der Waals surface area (Å²) in [5, 5.41) is 17.7. The number of carbonyl (C=O) groups is 4. The van der Waals surface area contributed by atoms with Crippen molar-refractivity contribution in [2.24, 2.45) is 5.92 Å². The number of amides is 4. The molecule has 0 bridgehead atoms. The fourth-order valence-electron chi connectivity index (χ4n) is 10.7. The van der Waals surface area contributed by atoms with Gasteiger partial charge in [-0.25, -0.2) is 0 Å². The Hall–Kier alpha value is -7.26. The summed E-state index contributed by atoms with van der Waals surface area (Å²) < 4.78 is 12.9. The smallest absolute Gasteiger partial charge is 0.264 e. The van der Waals surface area contributed by atoms with Gasteiger partial charge in [-0.15, -0.1) is 0 Å². The molecule has 4 amide bonds. The maximum atomic E-state index is 15.8. The Labute approximate surface area is 397 Å². The third-order valence-corrected chi connectivity index (χ3v) is 18.6. The van der Waals surface area contributed by atoms with Crippen molar-refractivity contribution in [3.8, 4) is 5.75 Å². The van der Waals surface area contributed by atoms with Crippen molar-refractivity contribution in [2.75, 3.05) is 40.7 Å². The predicted octanol–water partition coefficient (Wildman–Crippen LogP) is 7.46. The molecule has 3 aliphatic rings. The summed E-state index contributed by atoms with van der Waals surface area (Å²) in [7, 11) is -1.06. The number of anilines is 5. The molecule has 0 radical (unpaired) electrons. The van der Waals surface area contributed by atoms with E-state index in [-0.39, 0.29) is 48.7 Å². The van der Waals surface area contributed by atoms with Crippen LogP contribution < -0.4 is 36.9 Å². The Balaban J connectivity index is 1.11. The molecule has 6 aromatic rings. The van der Waals surface area contributed by atoms with Crippen LogP contribution in [0.25, 0.3) is 0 Å². The zero-order chi connectivity index (χ0) is 47.9. The lowest BCUT2D eigenvalue weighted by Gasteiger charge is -2.39. The number of rotatable bonds is 12. The maximum absolute atomic E-state index is 15.8. The van der Waals surface area contributed by atoms with E-state index in [9.17, 15) is 19.5 Å². The summed E-state index contributed by atoms with van der Waals surface area (Å²) in [6.07, 6.45) is -0.208. The van der Waals surface area contributed by atoms with Gasteiger partial charge in [0.15, 0.2) is 5.60 Å². The molecule has 0 aromatic heterocycles. The second-order valence-corrected chi connectivity index (χ2v) is 23.4. The van der Waals surface area contributed by atoms with Crippen LogP contribution in [-0.2, 0) is 39.4 Å². The molecule has 13 nitrogen and oxygen atoms in total. The lowest BCUT2D eigenvalue weighted by atomic mass is 9.82. The highest BCUT2D eigenvalue weighted by Crippen LogP contribution is 2.60. The van der Waals surface area contributed by atoms with Crippen molar-refractivity contribution >= 4 is 65.3 Å². The number of ether oxygens (including phenoxy) is 2. The van der Waals surface area contributed by atoms with Gasteiger partial charge >= 0.3 is 0 Å². The summed E-state index contributed by atoms with van der Waals surface area (Å²) in [5.41, 5.74) is 16.9. The van der Waals surface area contributed by atoms with Crippen molar-refractivity contribution in [1.29, 1.82) is 0 Å². The highest BCUT2D eigenvalue weighted by atomic mass is 28.3. The van der Waals surface area contributed by atoms with E-state index >= 15 is 4.79 Å². The van der Waals surface area contributed by atoms with Crippen molar-refractivity contribution in [3.05, 3.63) is 173 Å². The number of hydrogen-bond donors (Lipinski definition) is 5. The van der Waals surface area contributed by atoms with Crippen LogP contribution in [0, 0.1) is 5.92 Å². The Morgan fingerprint density at radius 3 is 2.03 bits per heavy atom. The Kier molecular flexibility index (Phi) is 12.4. The molecule has 0 saturated carbocycles. The fourth-order valence-corrected chi connectivity index (χ4v) is 14.7. The number of carbonyl (C=O) groups excluding carboxylic acids is 4. The molecule has 1 saturated heterocycles. The minimum Gasteiger partial charge on any atom is -0.497 e. The minimum atomic E-state index is -2.69. The number of aliphatic hydroxyl groups is 1. The van der Waals surface area contributed by atoms with Gasteiger partial charge in [0.1, 0.15) is 5.75 Å². The summed E-state index contributed by atoms with van der Waals surface area (Å²) in [4.78, 5) is 61.1. The largest absolute Gasteiger partial charge is 0.497 e. The molecule has 9 rings (SSSR count). The van der Waals surface area contributed by atoms with E-state index in [1.165, 1.54) is 0 Å². The molecule has 0 aliphatic carbocycles. The average Bonchev–Trinajstić information content (AvgIpc) is 3.76. The number of benzene rings is 6. The SMILES string of the molecule is COc1ccc([Si](C)(C)[C@@H]2[C@@H](CC(=O)N3Cc4ccccc4C[C@H]3CO)O[C@]3(C(=O)N(Cc4cccc(NC(=O)c5ccc(N)cc5)c4)c4ccc(NC(=O)c5ccc(N)cc5)cc43)[C@H]2C)cc1. The number of nitrogen functional groups attached to an aromatic ring is 2. The summed E-state index contributed by atoms with van der Waals surface area (Å²) in [5.74, 6) is -0.866. The molecule has 68 heavy (non-hydrogen) atoms. The van der Waals surface area contributed by atoms with E-state index < -0.39 is 31.7 Å². The van der Waals surface area contributed by atoms with E-state index in [1.54, 1.807) is 77.6 Å². The van der Waals surface area contributed by atoms with E-state index in [0.29, 0.717) is 58.1 Å². The zero-order valence-corrected chi connectivity index (χ0v) is 39.6. The normalized spacial score (nSPS) is 20.8. The molecule has 5 atom stereocenters. The molecule has 3 heterocycles. The van der Waals surface area contributed by atoms with Gasteiger partial charge in [0.05, 0.1) is 52.6 Å². The first-order chi connectivity index (χ1) is 32.7. The van der Waals surface area contributed by atoms with Gasteiger partial charge in [0, 0.05) is 51.9 Å². The molecule has 3 aliphatic heterocycles. The van der Waals surface area contributed by atoms with E-state index in [2.05, 4.69) is 42.8 Å². The molecule has 0 unspecified atom stereocenters. The number of hydrogen-bond acceptors (Lipinski definition) is 9. The Bertz CT molecular complexity index is 2890. The van der Waals surface area contributed by atoms with Crippen LogP contribution in [0.5, 0.6) is 5.75 Å². The average molecular weight is 929 g/mol. The number of aliphatic hydroxyl groups excluding tert-OH is 1. The second-order valence-electron chi connectivity index (χ2n) is 18.7. The quantitative estimate of drug-likeness (QED) is 0.0613. The Morgan fingerprint density at radius 2 is 1.41 bits per heavy atom. The lowest BCUT2D eigenvalue weighted by molar-refractivity contribution is -0.151. The second kappa shape index (κ2) is 18.4. The van der Waals surface area contributed by atoms with Gasteiger partial charge in [-0.1, -0.05) is 73.7 Å². The van der Waals surface area contributed by atoms with Crippen LogP contribution in [-0.4, -0.2) is 67.6 Å². The highest BCUT2D eigenvalue weighted by molar-refractivity contribution is 6.91. The number of methoxy groups -OCH3 is 1.